The van der Waals surface area contributed by atoms with Gasteiger partial charge in [-0.05, 0) is 55.2 Å². The van der Waals surface area contributed by atoms with E-state index in [9.17, 15) is 9.59 Å². The number of carbonyl (C=O) groups is 2. The van der Waals surface area contributed by atoms with Gasteiger partial charge in [0.05, 0.1) is 12.2 Å². The van der Waals surface area contributed by atoms with Crippen LogP contribution in [0.1, 0.15) is 24.0 Å². The van der Waals surface area contributed by atoms with Gasteiger partial charge in [-0.25, -0.2) is 4.79 Å². The van der Waals surface area contributed by atoms with Crippen LogP contribution >= 0.6 is 11.6 Å². The van der Waals surface area contributed by atoms with E-state index in [1.165, 1.54) is 0 Å². The third kappa shape index (κ3) is 4.54. The van der Waals surface area contributed by atoms with E-state index in [0.29, 0.717) is 50.7 Å². The van der Waals surface area contributed by atoms with Gasteiger partial charge in [0.25, 0.3) is 0 Å². The van der Waals surface area contributed by atoms with Crippen molar-refractivity contribution in [2.45, 2.75) is 26.3 Å². The Morgan fingerprint density at radius 2 is 1.83 bits per heavy atom. The Bertz CT molecular complexity index is 924. The number of likely N-dealkylation sites (tertiary alicyclic amines) is 1. The van der Waals surface area contributed by atoms with Gasteiger partial charge < -0.3 is 15.0 Å². The smallest absolute Gasteiger partial charge is 0.324 e. The monoisotopic (exact) mass is 427 g/mol. The van der Waals surface area contributed by atoms with Crippen molar-refractivity contribution in [1.29, 1.82) is 0 Å². The average molecular weight is 428 g/mol. The van der Waals surface area contributed by atoms with Gasteiger partial charge in [-0.15, -0.1) is 0 Å². The van der Waals surface area contributed by atoms with Crippen LogP contribution in [0.2, 0.25) is 5.02 Å². The summed E-state index contributed by atoms with van der Waals surface area (Å²) in [4.78, 5) is 29.3. The first-order valence-corrected chi connectivity index (χ1v) is 10.7. The number of anilines is 1. The second-order valence-electron chi connectivity index (χ2n) is 7.86. The minimum Gasteiger partial charge on any atom is -0.490 e. The maximum absolute atomic E-state index is 13.1. The molecule has 2 heterocycles. The van der Waals surface area contributed by atoms with Crippen LogP contribution in [-0.4, -0.2) is 43.1 Å². The van der Waals surface area contributed by atoms with E-state index in [-0.39, 0.29) is 17.9 Å². The van der Waals surface area contributed by atoms with Crippen LogP contribution in [-0.2, 0) is 11.3 Å². The molecule has 0 aromatic heterocycles. The fourth-order valence-electron chi connectivity index (χ4n) is 3.97. The molecule has 2 aliphatic rings. The molecule has 0 aliphatic carbocycles. The summed E-state index contributed by atoms with van der Waals surface area (Å²) in [7, 11) is 0. The lowest BCUT2D eigenvalue weighted by atomic mass is 9.96. The van der Waals surface area contributed by atoms with Crippen LogP contribution in [0.5, 0.6) is 5.75 Å². The topological polar surface area (TPSA) is 61.9 Å². The Morgan fingerprint density at radius 3 is 2.57 bits per heavy atom. The van der Waals surface area contributed by atoms with Crippen molar-refractivity contribution in [1.82, 2.24) is 10.2 Å². The number of nitrogens with zero attached hydrogens (tertiary/aromatic N) is 2. The molecule has 0 atom stereocenters. The molecular formula is C23H26ClN3O3. The van der Waals surface area contributed by atoms with Gasteiger partial charge in [0.1, 0.15) is 12.4 Å². The highest BCUT2D eigenvalue weighted by Crippen LogP contribution is 2.33. The highest BCUT2D eigenvalue weighted by molar-refractivity contribution is 6.30. The summed E-state index contributed by atoms with van der Waals surface area (Å²) >= 11 is 5.90. The van der Waals surface area contributed by atoms with Crippen molar-refractivity contribution in [2.24, 2.45) is 5.92 Å². The molecule has 1 N–H and O–H groups in total. The summed E-state index contributed by atoms with van der Waals surface area (Å²) in [5, 5.41) is 3.68. The third-order valence-electron chi connectivity index (χ3n) is 5.72. The molecule has 1 saturated heterocycles. The molecule has 6 nitrogen and oxygen atoms in total. The molecule has 158 valence electrons. The molecule has 1 fully saturated rings. The number of carbonyl (C=O) groups excluding carboxylic acids is 2. The maximum atomic E-state index is 13.1. The fraction of sp³-hybridized carbons (Fsp3) is 0.391. The van der Waals surface area contributed by atoms with Gasteiger partial charge in [0.15, 0.2) is 0 Å². The molecule has 0 bridgehead atoms. The van der Waals surface area contributed by atoms with Gasteiger partial charge in [-0.3, -0.25) is 9.69 Å². The number of aryl methyl sites for hydroxylation is 1. The lowest BCUT2D eigenvalue weighted by Crippen LogP contribution is -2.50. The molecule has 0 unspecified atom stereocenters. The second kappa shape index (κ2) is 8.96. The molecule has 7 heteroatoms. The van der Waals surface area contributed by atoms with Gasteiger partial charge in [0, 0.05) is 30.6 Å². The lowest BCUT2D eigenvalue weighted by molar-refractivity contribution is -0.126. The highest BCUT2D eigenvalue weighted by Gasteiger charge is 2.32. The number of benzene rings is 2. The van der Waals surface area contributed by atoms with Crippen LogP contribution in [0.3, 0.4) is 0 Å². The predicted molar refractivity (Wildman–Crippen MR) is 117 cm³/mol. The number of hydrogen-bond donors (Lipinski definition) is 1. The first kappa shape index (κ1) is 20.5. The molecule has 0 spiro atoms. The minimum absolute atomic E-state index is 0.00910. The number of halogens is 1. The van der Waals surface area contributed by atoms with E-state index in [4.69, 9.17) is 16.3 Å². The van der Waals surface area contributed by atoms with Gasteiger partial charge in [-0.2, -0.15) is 0 Å². The number of fused-ring (bicyclic) bond motifs is 1. The Balaban J connectivity index is 1.31. The number of urea groups is 1. The van der Waals surface area contributed by atoms with Crippen molar-refractivity contribution >= 4 is 29.2 Å². The van der Waals surface area contributed by atoms with Crippen LogP contribution in [0.15, 0.2) is 42.5 Å². The fourth-order valence-corrected chi connectivity index (χ4v) is 4.09. The number of hydrogen-bond acceptors (Lipinski definition) is 3. The third-order valence-corrected chi connectivity index (χ3v) is 5.98. The van der Waals surface area contributed by atoms with Gasteiger partial charge >= 0.3 is 6.03 Å². The van der Waals surface area contributed by atoms with Crippen molar-refractivity contribution in [3.05, 3.63) is 58.6 Å². The SMILES string of the molecule is Cc1ccc2c(c1)N(C(=O)N1CCC(C(=O)NCc3ccc(Cl)cc3)CC1)CCO2. The standard InChI is InChI=1S/C23H26ClN3O3/c1-16-2-7-21-20(14-16)27(12-13-30-21)23(29)26-10-8-18(9-11-26)22(28)25-15-17-3-5-19(24)6-4-17/h2-7,14,18H,8-13,15H2,1H3,(H,25,28). The van der Waals surface area contributed by atoms with E-state index in [2.05, 4.69) is 5.32 Å². The minimum atomic E-state index is -0.0689. The quantitative estimate of drug-likeness (QED) is 0.805. The zero-order chi connectivity index (χ0) is 21.1. The number of amides is 3. The summed E-state index contributed by atoms with van der Waals surface area (Å²) in [5.41, 5.74) is 2.93. The zero-order valence-electron chi connectivity index (χ0n) is 17.1. The van der Waals surface area contributed by atoms with Crippen molar-refractivity contribution in [3.63, 3.8) is 0 Å². The summed E-state index contributed by atoms with van der Waals surface area (Å²) in [6.07, 6.45) is 1.34. The van der Waals surface area contributed by atoms with Gasteiger partial charge in [-0.1, -0.05) is 29.8 Å². The lowest BCUT2D eigenvalue weighted by Gasteiger charge is -2.37. The molecule has 2 aromatic carbocycles. The molecule has 2 aromatic rings. The van der Waals surface area contributed by atoms with Crippen molar-refractivity contribution in [2.75, 3.05) is 31.1 Å². The number of ether oxygens (including phenoxy) is 1. The summed E-state index contributed by atoms with van der Waals surface area (Å²) in [6.45, 7) is 4.68. The number of rotatable bonds is 3. The number of nitrogens with one attached hydrogen (secondary N) is 1. The summed E-state index contributed by atoms with van der Waals surface area (Å²) in [6, 6.07) is 13.3. The first-order chi connectivity index (χ1) is 14.5. The number of piperidine rings is 1. The molecule has 0 saturated carbocycles. The van der Waals surface area contributed by atoms with Crippen molar-refractivity contribution in [3.8, 4) is 5.75 Å². The Morgan fingerprint density at radius 1 is 1.10 bits per heavy atom. The van der Waals surface area contributed by atoms with E-state index in [0.717, 1.165) is 22.6 Å². The largest absolute Gasteiger partial charge is 0.490 e. The van der Waals surface area contributed by atoms with Crippen LogP contribution in [0, 0.1) is 12.8 Å². The molecule has 4 rings (SSSR count). The van der Waals surface area contributed by atoms with Crippen molar-refractivity contribution < 1.29 is 14.3 Å². The molecular weight excluding hydrogens is 402 g/mol. The molecule has 3 amide bonds. The first-order valence-electron chi connectivity index (χ1n) is 10.3. The second-order valence-corrected chi connectivity index (χ2v) is 8.30. The van der Waals surface area contributed by atoms with E-state index >= 15 is 0 Å². The summed E-state index contributed by atoms with van der Waals surface area (Å²) < 4.78 is 5.69. The van der Waals surface area contributed by atoms with E-state index < -0.39 is 0 Å². The normalized spacial score (nSPS) is 16.6. The molecule has 0 radical (unpaired) electrons. The zero-order valence-corrected chi connectivity index (χ0v) is 17.8. The van der Waals surface area contributed by atoms with E-state index in [1.807, 2.05) is 54.3 Å². The Hall–Kier alpha value is -2.73. The average Bonchev–Trinajstić information content (AvgIpc) is 2.77. The van der Waals surface area contributed by atoms with Crippen LogP contribution in [0.25, 0.3) is 0 Å². The Kier molecular flexibility index (Phi) is 6.13. The molecule has 30 heavy (non-hydrogen) atoms. The van der Waals surface area contributed by atoms with Crippen LogP contribution < -0.4 is 15.0 Å². The summed E-state index contributed by atoms with van der Waals surface area (Å²) in [5.74, 6) is 0.724. The highest BCUT2D eigenvalue weighted by atomic mass is 35.5. The predicted octanol–water partition coefficient (Wildman–Crippen LogP) is 4.00. The molecule has 2 aliphatic heterocycles. The maximum Gasteiger partial charge on any atom is 0.324 e. The van der Waals surface area contributed by atoms with Gasteiger partial charge in [0.2, 0.25) is 5.91 Å². The van der Waals surface area contributed by atoms with E-state index in [1.54, 1.807) is 4.90 Å². The van der Waals surface area contributed by atoms with Crippen LogP contribution in [0.4, 0.5) is 10.5 Å². The Labute approximate surface area is 181 Å².